The molecule has 3 nitrogen and oxygen atoms in total. The maximum atomic E-state index is 12.8. The van der Waals surface area contributed by atoms with E-state index in [0.29, 0.717) is 23.4 Å². The molecule has 0 bridgehead atoms. The van der Waals surface area contributed by atoms with E-state index in [1.807, 2.05) is 6.92 Å². The molecule has 0 amide bonds. The van der Waals surface area contributed by atoms with Crippen LogP contribution in [0.2, 0.25) is 0 Å². The van der Waals surface area contributed by atoms with E-state index in [1.165, 1.54) is 0 Å². The first-order valence-electron chi connectivity index (χ1n) is 6.80. The lowest BCUT2D eigenvalue weighted by Crippen LogP contribution is -2.43. The highest BCUT2D eigenvalue weighted by Gasteiger charge is 2.31. The molecule has 1 aliphatic rings. The number of alkyl halides is 3. The van der Waals surface area contributed by atoms with Crippen LogP contribution in [0, 0.1) is 0 Å². The van der Waals surface area contributed by atoms with Crippen molar-refractivity contribution in [1.82, 2.24) is 5.32 Å². The third-order valence-corrected chi connectivity index (χ3v) is 3.73. The molecule has 0 saturated carbocycles. The molecule has 0 spiro atoms. The number of benzene rings is 1. The molecule has 2 atom stereocenters. The molecule has 1 heterocycles. The number of rotatable bonds is 4. The second kappa shape index (κ2) is 6.98. The zero-order chi connectivity index (χ0) is 15.5. The van der Waals surface area contributed by atoms with Gasteiger partial charge in [-0.25, -0.2) is 0 Å². The van der Waals surface area contributed by atoms with Gasteiger partial charge in [0, 0.05) is 28.8 Å². The summed E-state index contributed by atoms with van der Waals surface area (Å²) in [5.41, 5.74) is -0.202. The third-order valence-electron chi connectivity index (χ3n) is 3.27. The first kappa shape index (κ1) is 16.6. The van der Waals surface area contributed by atoms with Crippen LogP contribution in [0.3, 0.4) is 0 Å². The lowest BCUT2D eigenvalue weighted by atomic mass is 10.1. The average molecular weight is 367 g/mol. The largest absolute Gasteiger partial charge is 0.416 e. The van der Waals surface area contributed by atoms with Crippen molar-refractivity contribution in [2.75, 3.05) is 25.1 Å². The number of hydrogen-bond donors (Lipinski definition) is 2. The molecule has 118 valence electrons. The van der Waals surface area contributed by atoms with Gasteiger partial charge in [0.25, 0.3) is 0 Å². The number of anilines is 1. The van der Waals surface area contributed by atoms with E-state index in [9.17, 15) is 13.2 Å². The molecule has 1 saturated heterocycles. The predicted molar refractivity (Wildman–Crippen MR) is 79.5 cm³/mol. The van der Waals surface area contributed by atoms with E-state index >= 15 is 0 Å². The van der Waals surface area contributed by atoms with Gasteiger partial charge in [-0.1, -0.05) is 15.9 Å². The summed E-state index contributed by atoms with van der Waals surface area (Å²) in [4.78, 5) is 0. The van der Waals surface area contributed by atoms with E-state index < -0.39 is 11.7 Å². The molecule has 2 unspecified atom stereocenters. The summed E-state index contributed by atoms with van der Waals surface area (Å²) in [6.45, 7) is 4.11. The molecule has 0 aliphatic carbocycles. The molecule has 0 aromatic heterocycles. The van der Waals surface area contributed by atoms with Crippen molar-refractivity contribution in [2.24, 2.45) is 0 Å². The van der Waals surface area contributed by atoms with Crippen LogP contribution in [0.4, 0.5) is 18.9 Å². The summed E-state index contributed by atoms with van der Waals surface area (Å²) in [5.74, 6) is 0. The highest BCUT2D eigenvalue weighted by molar-refractivity contribution is 9.10. The SMILES string of the molecule is CC(CC1COCCN1)Nc1cc(Br)cc(C(F)(F)F)c1. The molecule has 0 radical (unpaired) electrons. The summed E-state index contributed by atoms with van der Waals surface area (Å²) in [6, 6.07) is 4.13. The van der Waals surface area contributed by atoms with E-state index in [1.54, 1.807) is 6.07 Å². The van der Waals surface area contributed by atoms with Crippen LogP contribution in [-0.4, -0.2) is 31.8 Å². The number of hydrogen-bond acceptors (Lipinski definition) is 3. The molecular formula is C14H18BrF3N2O. The Morgan fingerprint density at radius 1 is 1.43 bits per heavy atom. The molecular weight excluding hydrogens is 349 g/mol. The highest BCUT2D eigenvalue weighted by Crippen LogP contribution is 2.33. The summed E-state index contributed by atoms with van der Waals surface area (Å²) in [5, 5.41) is 6.45. The van der Waals surface area contributed by atoms with Crippen molar-refractivity contribution in [3.63, 3.8) is 0 Å². The topological polar surface area (TPSA) is 33.3 Å². The van der Waals surface area contributed by atoms with Gasteiger partial charge in [-0.2, -0.15) is 13.2 Å². The van der Waals surface area contributed by atoms with Crippen molar-refractivity contribution in [1.29, 1.82) is 0 Å². The van der Waals surface area contributed by atoms with Gasteiger partial charge < -0.3 is 15.4 Å². The van der Waals surface area contributed by atoms with Crippen molar-refractivity contribution in [3.05, 3.63) is 28.2 Å². The summed E-state index contributed by atoms with van der Waals surface area (Å²) in [7, 11) is 0. The first-order chi connectivity index (χ1) is 9.84. The smallest absolute Gasteiger partial charge is 0.382 e. The second-order valence-corrected chi connectivity index (χ2v) is 6.15. The maximum absolute atomic E-state index is 12.8. The molecule has 1 fully saturated rings. The van der Waals surface area contributed by atoms with E-state index in [4.69, 9.17) is 4.74 Å². The Hall–Kier alpha value is -0.790. The third kappa shape index (κ3) is 5.16. The van der Waals surface area contributed by atoms with Gasteiger partial charge in [-0.15, -0.1) is 0 Å². The van der Waals surface area contributed by atoms with Crippen molar-refractivity contribution >= 4 is 21.6 Å². The Balaban J connectivity index is 1.99. The summed E-state index contributed by atoms with van der Waals surface area (Å²) < 4.78 is 44.1. The van der Waals surface area contributed by atoms with Gasteiger partial charge in [0.15, 0.2) is 0 Å². The van der Waals surface area contributed by atoms with Gasteiger partial charge in [-0.3, -0.25) is 0 Å². The lowest BCUT2D eigenvalue weighted by molar-refractivity contribution is -0.137. The Labute approximate surface area is 130 Å². The average Bonchev–Trinajstić information content (AvgIpc) is 2.37. The minimum atomic E-state index is -4.35. The standard InChI is InChI=1S/C14H18BrF3N2O/c1-9(4-13-8-21-3-2-19-13)20-12-6-10(14(16,17)18)5-11(15)7-12/h5-7,9,13,19-20H,2-4,8H2,1H3. The summed E-state index contributed by atoms with van der Waals surface area (Å²) in [6.07, 6.45) is -3.56. The van der Waals surface area contributed by atoms with Crippen LogP contribution in [0.15, 0.2) is 22.7 Å². The minimum absolute atomic E-state index is 0.0413. The fourth-order valence-corrected chi connectivity index (χ4v) is 2.87. The molecule has 7 heteroatoms. The number of halogens is 4. The Kier molecular flexibility index (Phi) is 5.51. The van der Waals surface area contributed by atoms with E-state index in [2.05, 4.69) is 26.6 Å². The van der Waals surface area contributed by atoms with Crippen LogP contribution in [0.25, 0.3) is 0 Å². The fourth-order valence-electron chi connectivity index (χ4n) is 2.38. The van der Waals surface area contributed by atoms with Gasteiger partial charge >= 0.3 is 6.18 Å². The monoisotopic (exact) mass is 366 g/mol. The van der Waals surface area contributed by atoms with Gasteiger partial charge in [-0.05, 0) is 31.5 Å². The van der Waals surface area contributed by atoms with E-state index in [-0.39, 0.29) is 12.1 Å². The van der Waals surface area contributed by atoms with E-state index in [0.717, 1.165) is 25.1 Å². The predicted octanol–water partition coefficient (Wildman–Crippen LogP) is 3.65. The molecule has 1 aromatic carbocycles. The molecule has 2 rings (SSSR count). The number of morpholine rings is 1. The highest BCUT2D eigenvalue weighted by atomic mass is 79.9. The zero-order valence-electron chi connectivity index (χ0n) is 11.6. The maximum Gasteiger partial charge on any atom is 0.416 e. The lowest BCUT2D eigenvalue weighted by Gasteiger charge is -2.27. The van der Waals surface area contributed by atoms with Gasteiger partial charge in [0.05, 0.1) is 18.8 Å². The summed E-state index contributed by atoms with van der Waals surface area (Å²) >= 11 is 3.12. The van der Waals surface area contributed by atoms with Crippen LogP contribution < -0.4 is 10.6 Å². The van der Waals surface area contributed by atoms with Crippen LogP contribution in [0.5, 0.6) is 0 Å². The van der Waals surface area contributed by atoms with Crippen LogP contribution >= 0.6 is 15.9 Å². The molecule has 1 aliphatic heterocycles. The Bertz CT molecular complexity index is 476. The molecule has 21 heavy (non-hydrogen) atoms. The van der Waals surface area contributed by atoms with Gasteiger partial charge in [0.1, 0.15) is 0 Å². The Morgan fingerprint density at radius 3 is 2.81 bits per heavy atom. The van der Waals surface area contributed by atoms with Crippen molar-refractivity contribution in [3.8, 4) is 0 Å². The van der Waals surface area contributed by atoms with Crippen LogP contribution in [-0.2, 0) is 10.9 Å². The minimum Gasteiger partial charge on any atom is -0.382 e. The Morgan fingerprint density at radius 2 is 2.19 bits per heavy atom. The number of nitrogens with one attached hydrogen (secondary N) is 2. The second-order valence-electron chi connectivity index (χ2n) is 5.23. The van der Waals surface area contributed by atoms with Crippen LogP contribution in [0.1, 0.15) is 18.9 Å². The normalized spacial score (nSPS) is 21.1. The fraction of sp³-hybridized carbons (Fsp3) is 0.571. The first-order valence-corrected chi connectivity index (χ1v) is 7.59. The quantitative estimate of drug-likeness (QED) is 0.853. The number of ether oxygens (including phenoxy) is 1. The molecule has 1 aromatic rings. The van der Waals surface area contributed by atoms with Crippen molar-refractivity contribution < 1.29 is 17.9 Å². The molecule has 2 N–H and O–H groups in total. The zero-order valence-corrected chi connectivity index (χ0v) is 13.2. The van der Waals surface area contributed by atoms with Gasteiger partial charge in [0.2, 0.25) is 0 Å². The van der Waals surface area contributed by atoms with Crippen molar-refractivity contribution in [2.45, 2.75) is 31.6 Å².